The van der Waals surface area contributed by atoms with Crippen LogP contribution in [0.3, 0.4) is 0 Å². The summed E-state index contributed by atoms with van der Waals surface area (Å²) in [5, 5.41) is 2.72. The van der Waals surface area contributed by atoms with Gasteiger partial charge in [0.2, 0.25) is 0 Å². The maximum Gasteiger partial charge on any atom is 0.137 e. The predicted molar refractivity (Wildman–Crippen MR) is 80.2 cm³/mol. The van der Waals surface area contributed by atoms with Gasteiger partial charge in [-0.1, -0.05) is 48.0 Å². The number of benzene rings is 2. The van der Waals surface area contributed by atoms with Crippen LogP contribution in [0.25, 0.3) is 10.8 Å². The number of rotatable bonds is 2. The Hall–Kier alpha value is -2.19. The Bertz CT molecular complexity index is 731. The average molecular weight is 267 g/mol. The zero-order valence-electron chi connectivity index (χ0n) is 10.1. The quantitative estimate of drug-likeness (QED) is 0.625. The van der Waals surface area contributed by atoms with Gasteiger partial charge in [-0.3, -0.25) is 4.98 Å². The largest absolute Gasteiger partial charge is 0.265 e. The summed E-state index contributed by atoms with van der Waals surface area (Å²) in [6, 6.07) is 17.8. The third-order valence-corrected chi connectivity index (χ3v) is 3.21. The van der Waals surface area contributed by atoms with E-state index in [0.29, 0.717) is 5.17 Å². The Morgan fingerprint density at radius 3 is 2.47 bits per heavy atom. The summed E-state index contributed by atoms with van der Waals surface area (Å²) in [4.78, 5) is 8.48. The van der Waals surface area contributed by atoms with Crippen LogP contribution in [-0.4, -0.2) is 10.2 Å². The van der Waals surface area contributed by atoms with Gasteiger partial charge in [-0.15, -0.1) is 0 Å². The maximum absolute atomic E-state index is 6.26. The highest BCUT2D eigenvalue weighted by Gasteiger charge is 2.02. The minimum atomic E-state index is 0.471. The lowest BCUT2D eigenvalue weighted by molar-refractivity contribution is 1.32. The van der Waals surface area contributed by atoms with Gasteiger partial charge in [0.15, 0.2) is 0 Å². The first-order valence-corrected chi connectivity index (χ1v) is 6.35. The predicted octanol–water partition coefficient (Wildman–Crippen LogP) is 4.55. The van der Waals surface area contributed by atoms with Gasteiger partial charge >= 0.3 is 0 Å². The van der Waals surface area contributed by atoms with Gasteiger partial charge in [-0.05, 0) is 23.6 Å². The Kier molecular flexibility index (Phi) is 3.25. The van der Waals surface area contributed by atoms with Crippen LogP contribution in [0.1, 0.15) is 5.56 Å². The zero-order valence-corrected chi connectivity index (χ0v) is 10.9. The van der Waals surface area contributed by atoms with E-state index in [-0.39, 0.29) is 0 Å². The molecule has 19 heavy (non-hydrogen) atoms. The second-order valence-corrected chi connectivity index (χ2v) is 4.49. The van der Waals surface area contributed by atoms with Gasteiger partial charge in [-0.25, -0.2) is 4.99 Å². The van der Waals surface area contributed by atoms with Gasteiger partial charge in [0.1, 0.15) is 5.17 Å². The monoisotopic (exact) mass is 266 g/mol. The van der Waals surface area contributed by atoms with Crippen LogP contribution < -0.4 is 0 Å². The Morgan fingerprint density at radius 2 is 1.63 bits per heavy atom. The Labute approximate surface area is 116 Å². The molecule has 0 spiro atoms. The molecule has 0 amide bonds. The van der Waals surface area contributed by atoms with Crippen LogP contribution in [0.15, 0.2) is 72.0 Å². The average Bonchev–Trinajstić information content (AvgIpc) is 2.48. The molecule has 0 aliphatic carbocycles. The number of nitrogens with zero attached hydrogens (tertiary/aromatic N) is 2. The van der Waals surface area contributed by atoms with Crippen molar-refractivity contribution in [3.8, 4) is 0 Å². The lowest BCUT2D eigenvalue weighted by Gasteiger charge is -2.03. The van der Waals surface area contributed by atoms with Crippen LogP contribution >= 0.6 is 11.6 Å². The summed E-state index contributed by atoms with van der Waals surface area (Å²) in [5.41, 5.74) is 1.74. The van der Waals surface area contributed by atoms with E-state index < -0.39 is 0 Å². The first kappa shape index (κ1) is 11.9. The molecule has 0 bridgehead atoms. The molecule has 1 heterocycles. The van der Waals surface area contributed by atoms with Gasteiger partial charge in [-0.2, -0.15) is 0 Å². The Balaban J connectivity index is 2.11. The van der Waals surface area contributed by atoms with Crippen molar-refractivity contribution in [1.82, 2.24) is 4.98 Å². The molecule has 0 atom stereocenters. The van der Waals surface area contributed by atoms with Crippen molar-refractivity contribution < 1.29 is 0 Å². The van der Waals surface area contributed by atoms with Crippen LogP contribution in [-0.2, 0) is 0 Å². The van der Waals surface area contributed by atoms with Gasteiger partial charge < -0.3 is 0 Å². The van der Waals surface area contributed by atoms with E-state index in [4.69, 9.17) is 11.6 Å². The van der Waals surface area contributed by atoms with Crippen LogP contribution in [0, 0.1) is 0 Å². The fourth-order valence-corrected chi connectivity index (χ4v) is 2.18. The molecule has 2 nitrogen and oxygen atoms in total. The molecule has 0 fully saturated rings. The minimum absolute atomic E-state index is 0.471. The number of hydrogen-bond donors (Lipinski definition) is 0. The summed E-state index contributed by atoms with van der Waals surface area (Å²) in [5.74, 6) is 0. The fraction of sp³-hybridized carbons (Fsp3) is 0. The highest BCUT2D eigenvalue weighted by molar-refractivity contribution is 6.69. The molecule has 2 aromatic carbocycles. The molecule has 0 saturated heterocycles. The maximum atomic E-state index is 6.26. The molecule has 0 saturated carbocycles. The number of halogens is 1. The summed E-state index contributed by atoms with van der Waals surface area (Å²) >= 11 is 6.26. The van der Waals surface area contributed by atoms with E-state index in [1.807, 2.05) is 42.5 Å². The van der Waals surface area contributed by atoms with Crippen molar-refractivity contribution >= 4 is 33.2 Å². The second kappa shape index (κ2) is 5.21. The van der Waals surface area contributed by atoms with E-state index in [1.165, 1.54) is 0 Å². The summed E-state index contributed by atoms with van der Waals surface area (Å²) in [6.45, 7) is 0. The first-order valence-electron chi connectivity index (χ1n) is 5.97. The number of aromatic nitrogens is 1. The first-order chi connectivity index (χ1) is 9.34. The van der Waals surface area contributed by atoms with Gasteiger partial charge in [0.05, 0.1) is 5.69 Å². The van der Waals surface area contributed by atoms with Gasteiger partial charge in [0, 0.05) is 23.3 Å². The molecule has 0 radical (unpaired) electrons. The van der Waals surface area contributed by atoms with Crippen molar-refractivity contribution in [1.29, 1.82) is 0 Å². The molecule has 3 aromatic rings. The third-order valence-electron chi connectivity index (χ3n) is 2.90. The molecular formula is C16H11ClN2. The normalized spacial score (nSPS) is 11.7. The topological polar surface area (TPSA) is 25.2 Å². The lowest BCUT2D eigenvalue weighted by atomic mass is 10.1. The van der Waals surface area contributed by atoms with Gasteiger partial charge in [0.25, 0.3) is 0 Å². The van der Waals surface area contributed by atoms with Crippen LogP contribution in [0.4, 0.5) is 5.69 Å². The summed E-state index contributed by atoms with van der Waals surface area (Å²) in [7, 11) is 0. The summed E-state index contributed by atoms with van der Waals surface area (Å²) in [6.07, 6.45) is 3.41. The fourth-order valence-electron chi connectivity index (χ4n) is 1.97. The molecule has 3 rings (SSSR count). The lowest BCUT2D eigenvalue weighted by Crippen LogP contribution is -1.90. The molecular weight excluding hydrogens is 256 g/mol. The van der Waals surface area contributed by atoms with Crippen LogP contribution in [0.2, 0.25) is 0 Å². The van der Waals surface area contributed by atoms with Crippen LogP contribution in [0.5, 0.6) is 0 Å². The molecule has 1 aromatic heterocycles. The second-order valence-electron chi connectivity index (χ2n) is 4.14. The molecule has 92 valence electrons. The molecule has 0 N–H and O–H groups in total. The highest BCUT2D eigenvalue weighted by atomic mass is 35.5. The molecule has 0 unspecified atom stereocenters. The van der Waals surface area contributed by atoms with E-state index in [9.17, 15) is 0 Å². The number of hydrogen-bond acceptors (Lipinski definition) is 2. The van der Waals surface area contributed by atoms with Crippen molar-refractivity contribution in [3.05, 3.63) is 72.6 Å². The van der Waals surface area contributed by atoms with Crippen molar-refractivity contribution in [2.45, 2.75) is 0 Å². The van der Waals surface area contributed by atoms with E-state index >= 15 is 0 Å². The van der Waals surface area contributed by atoms with E-state index in [0.717, 1.165) is 22.0 Å². The molecule has 0 aliphatic rings. The molecule has 0 aliphatic heterocycles. The number of pyridine rings is 1. The standard InChI is InChI=1S/C16H11ClN2/c17-16(13-8-10-18-11-9-13)19-15-7-3-5-12-4-1-2-6-14(12)15/h1-11H. The number of aliphatic imine (C=N–C) groups is 1. The van der Waals surface area contributed by atoms with Crippen molar-refractivity contribution in [3.63, 3.8) is 0 Å². The summed E-state index contributed by atoms with van der Waals surface area (Å²) < 4.78 is 0. The highest BCUT2D eigenvalue weighted by Crippen LogP contribution is 2.26. The van der Waals surface area contributed by atoms with Crippen molar-refractivity contribution in [2.24, 2.45) is 4.99 Å². The smallest absolute Gasteiger partial charge is 0.137 e. The minimum Gasteiger partial charge on any atom is -0.265 e. The van der Waals surface area contributed by atoms with Crippen molar-refractivity contribution in [2.75, 3.05) is 0 Å². The third kappa shape index (κ3) is 2.49. The van der Waals surface area contributed by atoms with E-state index in [2.05, 4.69) is 22.1 Å². The zero-order chi connectivity index (χ0) is 13.1. The number of fused-ring (bicyclic) bond motifs is 1. The molecule has 3 heteroatoms. The Morgan fingerprint density at radius 1 is 0.895 bits per heavy atom. The van der Waals surface area contributed by atoms with E-state index in [1.54, 1.807) is 12.4 Å². The SMILES string of the molecule is ClC(=Nc1cccc2ccccc12)c1ccncc1.